The van der Waals surface area contributed by atoms with E-state index in [0.29, 0.717) is 51.7 Å². The molecule has 2 aliphatic carbocycles. The Hall–Kier alpha value is -1.98. The van der Waals surface area contributed by atoms with Crippen molar-refractivity contribution in [1.82, 2.24) is 10.2 Å². The predicted molar refractivity (Wildman–Crippen MR) is 97.6 cm³/mol. The number of carbonyl (C=O) groups excluding carboxylic acids is 2. The van der Waals surface area contributed by atoms with E-state index < -0.39 is 5.67 Å². The van der Waals surface area contributed by atoms with Crippen LogP contribution in [0.1, 0.15) is 62.5 Å². The third kappa shape index (κ3) is 3.23. The molecule has 0 radical (unpaired) electrons. The molecule has 1 N–H and O–H groups in total. The van der Waals surface area contributed by atoms with Gasteiger partial charge in [-0.1, -0.05) is 6.07 Å². The van der Waals surface area contributed by atoms with E-state index >= 15 is 0 Å². The fraction of sp³-hybridized carbons (Fsp3) is 0.619. The first-order valence-corrected chi connectivity index (χ1v) is 9.92. The second-order valence-electron chi connectivity index (χ2n) is 8.33. The van der Waals surface area contributed by atoms with E-state index in [1.165, 1.54) is 6.07 Å². The third-order valence-corrected chi connectivity index (χ3v) is 6.55. The van der Waals surface area contributed by atoms with E-state index in [-0.39, 0.29) is 29.0 Å². The molecule has 1 aliphatic heterocycles. The first-order valence-electron chi connectivity index (χ1n) is 9.92. The molecule has 1 saturated carbocycles. The van der Waals surface area contributed by atoms with Crippen LogP contribution in [0.5, 0.6) is 0 Å². The van der Waals surface area contributed by atoms with Crippen LogP contribution in [0.4, 0.5) is 8.78 Å². The lowest BCUT2D eigenvalue weighted by molar-refractivity contribution is -0.139. The SMILES string of the molecule is CCNC(=O)CC1CC2(CCN(C(=O)C3(F)CC3)CC2)c2cc(F)ccc21. The van der Waals surface area contributed by atoms with Crippen molar-refractivity contribution < 1.29 is 18.4 Å². The average molecular weight is 376 g/mol. The highest BCUT2D eigenvalue weighted by Gasteiger charge is 2.54. The number of carbonyl (C=O) groups is 2. The number of hydrogen-bond acceptors (Lipinski definition) is 2. The molecule has 1 saturated heterocycles. The summed E-state index contributed by atoms with van der Waals surface area (Å²) < 4.78 is 28.1. The molecule has 27 heavy (non-hydrogen) atoms. The Morgan fingerprint density at radius 3 is 2.56 bits per heavy atom. The Balaban J connectivity index is 1.54. The molecule has 1 spiro atoms. The zero-order chi connectivity index (χ0) is 19.2. The summed E-state index contributed by atoms with van der Waals surface area (Å²) in [4.78, 5) is 26.1. The summed E-state index contributed by atoms with van der Waals surface area (Å²) in [6.45, 7) is 3.47. The Kier molecular flexibility index (Phi) is 4.47. The molecule has 4 nitrogen and oxygen atoms in total. The maximum absolute atomic E-state index is 14.1. The summed E-state index contributed by atoms with van der Waals surface area (Å²) in [6, 6.07) is 4.87. The number of fused-ring (bicyclic) bond motifs is 2. The summed E-state index contributed by atoms with van der Waals surface area (Å²) in [5.41, 5.74) is 0.167. The molecule has 1 unspecified atom stereocenters. The largest absolute Gasteiger partial charge is 0.356 e. The molecule has 2 fully saturated rings. The van der Waals surface area contributed by atoms with Gasteiger partial charge in [0.1, 0.15) is 5.82 Å². The summed E-state index contributed by atoms with van der Waals surface area (Å²) in [5, 5.41) is 2.84. The molecule has 0 bridgehead atoms. The predicted octanol–water partition coefficient (Wildman–Crippen LogP) is 3.20. The quantitative estimate of drug-likeness (QED) is 0.877. The van der Waals surface area contributed by atoms with Gasteiger partial charge in [-0.05, 0) is 73.6 Å². The van der Waals surface area contributed by atoms with Crippen molar-refractivity contribution in [3.63, 3.8) is 0 Å². The summed E-state index contributed by atoms with van der Waals surface area (Å²) in [7, 11) is 0. The van der Waals surface area contributed by atoms with E-state index in [1.54, 1.807) is 11.0 Å². The Morgan fingerprint density at radius 1 is 1.22 bits per heavy atom. The van der Waals surface area contributed by atoms with Crippen molar-refractivity contribution >= 4 is 11.8 Å². The van der Waals surface area contributed by atoms with Gasteiger partial charge < -0.3 is 10.2 Å². The fourth-order valence-corrected chi connectivity index (χ4v) is 4.93. The van der Waals surface area contributed by atoms with Crippen LogP contribution in [0, 0.1) is 5.82 Å². The second kappa shape index (κ2) is 6.57. The molecule has 1 aromatic rings. The van der Waals surface area contributed by atoms with Crippen LogP contribution in [-0.2, 0) is 15.0 Å². The van der Waals surface area contributed by atoms with Crippen LogP contribution in [0.2, 0.25) is 0 Å². The number of amides is 2. The zero-order valence-electron chi connectivity index (χ0n) is 15.7. The van der Waals surface area contributed by atoms with Gasteiger partial charge in [0, 0.05) is 26.1 Å². The molecule has 3 aliphatic rings. The van der Waals surface area contributed by atoms with Gasteiger partial charge in [-0.15, -0.1) is 0 Å². The van der Waals surface area contributed by atoms with Crippen molar-refractivity contribution in [2.75, 3.05) is 19.6 Å². The van der Waals surface area contributed by atoms with E-state index in [4.69, 9.17) is 0 Å². The van der Waals surface area contributed by atoms with Crippen molar-refractivity contribution in [3.05, 3.63) is 35.1 Å². The number of halogens is 2. The number of piperidine rings is 1. The van der Waals surface area contributed by atoms with Crippen molar-refractivity contribution in [2.24, 2.45) is 0 Å². The Labute approximate surface area is 158 Å². The average Bonchev–Trinajstić information content (AvgIpc) is 3.34. The highest BCUT2D eigenvalue weighted by Crippen LogP contribution is 2.53. The highest BCUT2D eigenvalue weighted by molar-refractivity contribution is 5.88. The minimum absolute atomic E-state index is 0.00976. The Morgan fingerprint density at radius 2 is 1.93 bits per heavy atom. The topological polar surface area (TPSA) is 49.4 Å². The van der Waals surface area contributed by atoms with Crippen LogP contribution in [0.3, 0.4) is 0 Å². The molecular weight excluding hydrogens is 350 g/mol. The maximum Gasteiger partial charge on any atom is 0.260 e. The standard InChI is InChI=1S/C21H26F2N2O2/c1-2-24-18(26)11-14-13-20(17-12-15(22)3-4-16(14)17)7-9-25(10-8-20)19(27)21(23)5-6-21/h3-4,12,14H,2,5-11,13H2,1H3,(H,24,26). The van der Waals surface area contributed by atoms with Crippen molar-refractivity contribution in [2.45, 2.75) is 62.5 Å². The number of nitrogens with one attached hydrogen (secondary N) is 1. The minimum Gasteiger partial charge on any atom is -0.356 e. The van der Waals surface area contributed by atoms with Crippen molar-refractivity contribution in [3.8, 4) is 0 Å². The van der Waals surface area contributed by atoms with E-state index in [9.17, 15) is 18.4 Å². The minimum atomic E-state index is -1.63. The molecule has 0 aromatic heterocycles. The van der Waals surface area contributed by atoms with E-state index in [0.717, 1.165) is 17.5 Å². The third-order valence-electron chi connectivity index (χ3n) is 6.55. The number of nitrogens with zero attached hydrogens (tertiary/aromatic N) is 1. The van der Waals surface area contributed by atoms with Gasteiger partial charge in [-0.25, -0.2) is 8.78 Å². The summed E-state index contributed by atoms with van der Waals surface area (Å²) in [5.74, 6) is -0.583. The maximum atomic E-state index is 14.1. The lowest BCUT2D eigenvalue weighted by Crippen LogP contribution is -2.47. The lowest BCUT2D eigenvalue weighted by Gasteiger charge is -2.41. The van der Waals surface area contributed by atoms with E-state index in [1.807, 2.05) is 13.0 Å². The molecule has 1 aromatic carbocycles. The molecule has 146 valence electrons. The molecule has 6 heteroatoms. The van der Waals surface area contributed by atoms with Gasteiger partial charge in [0.25, 0.3) is 5.91 Å². The molecule has 1 heterocycles. The van der Waals surface area contributed by atoms with Crippen LogP contribution in [-0.4, -0.2) is 42.0 Å². The van der Waals surface area contributed by atoms with Gasteiger partial charge in [0.2, 0.25) is 5.91 Å². The fourth-order valence-electron chi connectivity index (χ4n) is 4.93. The van der Waals surface area contributed by atoms with Gasteiger partial charge in [-0.3, -0.25) is 9.59 Å². The van der Waals surface area contributed by atoms with Crippen LogP contribution < -0.4 is 5.32 Å². The van der Waals surface area contributed by atoms with Crippen LogP contribution in [0.15, 0.2) is 18.2 Å². The number of hydrogen-bond donors (Lipinski definition) is 1. The monoisotopic (exact) mass is 376 g/mol. The van der Waals surface area contributed by atoms with Gasteiger partial charge >= 0.3 is 0 Å². The first kappa shape index (κ1) is 18.4. The highest BCUT2D eigenvalue weighted by atomic mass is 19.1. The Bertz CT molecular complexity index is 767. The zero-order valence-corrected chi connectivity index (χ0v) is 15.7. The summed E-state index contributed by atoms with van der Waals surface area (Å²) in [6.07, 6.45) is 3.22. The number of rotatable bonds is 4. The molecular formula is C21H26F2N2O2. The number of likely N-dealkylation sites (tertiary alicyclic amines) is 1. The molecule has 4 rings (SSSR count). The summed E-state index contributed by atoms with van der Waals surface area (Å²) >= 11 is 0. The van der Waals surface area contributed by atoms with Crippen LogP contribution in [0.25, 0.3) is 0 Å². The number of benzene rings is 1. The van der Waals surface area contributed by atoms with Gasteiger partial charge in [0.05, 0.1) is 0 Å². The van der Waals surface area contributed by atoms with Gasteiger partial charge in [0.15, 0.2) is 5.67 Å². The van der Waals surface area contributed by atoms with Crippen molar-refractivity contribution in [1.29, 1.82) is 0 Å². The smallest absolute Gasteiger partial charge is 0.260 e. The second-order valence-corrected chi connectivity index (χ2v) is 8.33. The van der Waals surface area contributed by atoms with Gasteiger partial charge in [-0.2, -0.15) is 0 Å². The number of alkyl halides is 1. The molecule has 1 atom stereocenters. The molecule has 2 amide bonds. The normalized spacial score (nSPS) is 24.6. The van der Waals surface area contributed by atoms with Crippen LogP contribution >= 0.6 is 0 Å². The van der Waals surface area contributed by atoms with E-state index in [2.05, 4.69) is 5.32 Å². The lowest BCUT2D eigenvalue weighted by atomic mass is 9.73. The first-order chi connectivity index (χ1) is 12.9.